The number of anilines is 1. The molecule has 1 aromatic heterocycles. The number of hydrogen-bond donors (Lipinski definition) is 2. The Labute approximate surface area is 205 Å². The van der Waals surface area contributed by atoms with E-state index in [4.69, 9.17) is 19.6 Å². The lowest BCUT2D eigenvalue weighted by Crippen LogP contribution is -2.55. The number of guanidine groups is 1. The molecule has 0 aliphatic carbocycles. The number of aliphatic hydroxyl groups excluding tert-OH is 1. The van der Waals surface area contributed by atoms with E-state index in [1.165, 1.54) is 0 Å². The van der Waals surface area contributed by atoms with Crippen molar-refractivity contribution >= 4 is 41.5 Å². The quantitative estimate of drug-likeness (QED) is 0.286. The molecule has 32 heavy (non-hydrogen) atoms. The average Bonchev–Trinajstić information content (AvgIpc) is 3.21. The second-order valence-electron chi connectivity index (χ2n) is 7.07. The number of aliphatic imine (C=N–C) groups is 1. The molecule has 0 bridgehead atoms. The Balaban J connectivity index is 0.00000363. The van der Waals surface area contributed by atoms with Crippen molar-refractivity contribution in [2.75, 3.05) is 51.4 Å². The number of ether oxygens (including phenoxy) is 2. The largest absolute Gasteiger partial charge is 0.493 e. The average molecular weight is 558 g/mol. The first-order chi connectivity index (χ1) is 15.0. The zero-order valence-corrected chi connectivity index (χ0v) is 21.0. The van der Waals surface area contributed by atoms with Crippen LogP contribution in [0.15, 0.2) is 35.6 Å². The standard InChI is InChI=1S/C21H30N6O4.HI/c1-4-22-21(23-12-16-5-6-18(31-10-9-28)19(11-16)30-3)26-7-8-27(20(29)15-26)17-13-24-25(2)14-17;/h5-6,11,13-14,28H,4,7-10,12,15H2,1-3H3,(H,22,23);1H. The van der Waals surface area contributed by atoms with Gasteiger partial charge in [-0.2, -0.15) is 5.10 Å². The third-order valence-corrected chi connectivity index (χ3v) is 4.85. The van der Waals surface area contributed by atoms with Crippen LogP contribution in [-0.2, 0) is 18.4 Å². The van der Waals surface area contributed by atoms with Gasteiger partial charge in [-0.25, -0.2) is 4.99 Å². The lowest BCUT2D eigenvalue weighted by Gasteiger charge is -2.35. The number of carbonyl (C=O) groups is 1. The Morgan fingerprint density at radius 1 is 1.31 bits per heavy atom. The number of aliphatic hydroxyl groups is 1. The van der Waals surface area contributed by atoms with Crippen LogP contribution in [0.4, 0.5) is 5.69 Å². The smallest absolute Gasteiger partial charge is 0.246 e. The molecule has 0 radical (unpaired) electrons. The molecule has 2 N–H and O–H groups in total. The minimum atomic E-state index is -0.0615. The third-order valence-electron chi connectivity index (χ3n) is 4.85. The van der Waals surface area contributed by atoms with Gasteiger partial charge in [0.25, 0.3) is 0 Å². The van der Waals surface area contributed by atoms with Crippen molar-refractivity contribution in [3.05, 3.63) is 36.2 Å². The Hall–Kier alpha value is -2.54. The maximum Gasteiger partial charge on any atom is 0.246 e. The van der Waals surface area contributed by atoms with Crippen LogP contribution < -0.4 is 19.7 Å². The molecule has 1 aliphatic heterocycles. The predicted molar refractivity (Wildman–Crippen MR) is 133 cm³/mol. The summed E-state index contributed by atoms with van der Waals surface area (Å²) in [5.74, 6) is 1.87. The number of amides is 1. The van der Waals surface area contributed by atoms with Crippen LogP contribution in [0, 0.1) is 0 Å². The first-order valence-electron chi connectivity index (χ1n) is 10.3. The lowest BCUT2D eigenvalue weighted by atomic mass is 10.2. The van der Waals surface area contributed by atoms with E-state index in [0.29, 0.717) is 43.6 Å². The van der Waals surface area contributed by atoms with E-state index in [2.05, 4.69) is 10.4 Å². The molecule has 10 nitrogen and oxygen atoms in total. The highest BCUT2D eigenvalue weighted by molar-refractivity contribution is 14.0. The maximum atomic E-state index is 12.7. The maximum absolute atomic E-state index is 12.7. The number of rotatable bonds is 8. The third kappa shape index (κ3) is 6.48. The zero-order valence-electron chi connectivity index (χ0n) is 18.7. The summed E-state index contributed by atoms with van der Waals surface area (Å²) in [4.78, 5) is 21.2. The van der Waals surface area contributed by atoms with E-state index in [1.807, 2.05) is 43.3 Å². The number of benzene rings is 1. The van der Waals surface area contributed by atoms with E-state index in [9.17, 15) is 4.79 Å². The van der Waals surface area contributed by atoms with Gasteiger partial charge in [0, 0.05) is 32.9 Å². The molecular weight excluding hydrogens is 527 g/mol. The van der Waals surface area contributed by atoms with E-state index in [0.717, 1.165) is 11.3 Å². The molecule has 2 aromatic rings. The van der Waals surface area contributed by atoms with Crippen LogP contribution in [0.2, 0.25) is 0 Å². The molecule has 11 heteroatoms. The fourth-order valence-corrected chi connectivity index (χ4v) is 3.35. The molecule has 1 amide bonds. The Morgan fingerprint density at radius 2 is 2.12 bits per heavy atom. The van der Waals surface area contributed by atoms with Crippen molar-refractivity contribution in [2.24, 2.45) is 12.0 Å². The Bertz CT molecular complexity index is 919. The van der Waals surface area contributed by atoms with Gasteiger partial charge in [-0.15, -0.1) is 24.0 Å². The number of aryl methyl sites for hydroxylation is 1. The minimum absolute atomic E-state index is 0. The molecule has 1 aromatic carbocycles. The van der Waals surface area contributed by atoms with Gasteiger partial charge < -0.3 is 29.7 Å². The summed E-state index contributed by atoms with van der Waals surface area (Å²) in [6.07, 6.45) is 3.54. The fourth-order valence-electron chi connectivity index (χ4n) is 3.35. The van der Waals surface area contributed by atoms with Crippen molar-refractivity contribution in [1.29, 1.82) is 0 Å². The molecule has 0 atom stereocenters. The number of nitrogens with one attached hydrogen (secondary N) is 1. The Morgan fingerprint density at radius 3 is 2.75 bits per heavy atom. The molecule has 176 valence electrons. The summed E-state index contributed by atoms with van der Waals surface area (Å²) in [5, 5.41) is 16.4. The van der Waals surface area contributed by atoms with E-state index < -0.39 is 0 Å². The molecule has 0 saturated carbocycles. The number of halogens is 1. The predicted octanol–water partition coefficient (Wildman–Crippen LogP) is 1.23. The molecular formula is C21H31IN6O4. The minimum Gasteiger partial charge on any atom is -0.493 e. The van der Waals surface area contributed by atoms with Gasteiger partial charge in [0.2, 0.25) is 5.91 Å². The zero-order chi connectivity index (χ0) is 22.2. The van der Waals surface area contributed by atoms with Gasteiger partial charge in [-0.05, 0) is 24.6 Å². The summed E-state index contributed by atoms with van der Waals surface area (Å²) in [7, 11) is 3.41. The number of nitrogens with zero attached hydrogens (tertiary/aromatic N) is 5. The van der Waals surface area contributed by atoms with E-state index >= 15 is 0 Å². The molecule has 1 saturated heterocycles. The van der Waals surface area contributed by atoms with Crippen LogP contribution in [0.5, 0.6) is 11.5 Å². The van der Waals surface area contributed by atoms with E-state index in [-0.39, 0.29) is 49.6 Å². The van der Waals surface area contributed by atoms with Crippen molar-refractivity contribution in [1.82, 2.24) is 20.0 Å². The summed E-state index contributed by atoms with van der Waals surface area (Å²) in [5.41, 5.74) is 1.76. The summed E-state index contributed by atoms with van der Waals surface area (Å²) < 4.78 is 12.5. The monoisotopic (exact) mass is 558 g/mol. The van der Waals surface area contributed by atoms with Crippen molar-refractivity contribution < 1.29 is 19.4 Å². The van der Waals surface area contributed by atoms with Crippen molar-refractivity contribution in [3.8, 4) is 11.5 Å². The van der Waals surface area contributed by atoms with Gasteiger partial charge in [0.15, 0.2) is 17.5 Å². The lowest BCUT2D eigenvalue weighted by molar-refractivity contribution is -0.120. The van der Waals surface area contributed by atoms with Crippen LogP contribution in [-0.4, -0.2) is 78.2 Å². The van der Waals surface area contributed by atoms with Gasteiger partial charge in [-0.1, -0.05) is 6.07 Å². The molecule has 0 spiro atoms. The first kappa shape index (κ1) is 25.7. The number of aromatic nitrogens is 2. The highest BCUT2D eigenvalue weighted by Crippen LogP contribution is 2.28. The first-order valence-corrected chi connectivity index (χ1v) is 10.3. The molecule has 3 rings (SSSR count). The van der Waals surface area contributed by atoms with Gasteiger partial charge in [-0.3, -0.25) is 9.48 Å². The molecule has 2 heterocycles. The topological polar surface area (TPSA) is 104 Å². The number of carbonyl (C=O) groups excluding carboxylic acids is 1. The SMILES string of the molecule is CCNC(=NCc1ccc(OCCO)c(OC)c1)N1CCN(c2cnn(C)c2)C(=O)C1.I. The molecule has 1 aliphatic rings. The van der Waals surface area contributed by atoms with Crippen LogP contribution >= 0.6 is 24.0 Å². The molecule has 0 unspecified atom stereocenters. The summed E-state index contributed by atoms with van der Waals surface area (Å²) >= 11 is 0. The van der Waals surface area contributed by atoms with Crippen molar-refractivity contribution in [2.45, 2.75) is 13.5 Å². The number of piperazine rings is 1. The van der Waals surface area contributed by atoms with Crippen LogP contribution in [0.25, 0.3) is 0 Å². The second kappa shape index (κ2) is 12.5. The van der Waals surface area contributed by atoms with Crippen LogP contribution in [0.1, 0.15) is 12.5 Å². The number of methoxy groups -OCH3 is 1. The number of hydrogen-bond acceptors (Lipinski definition) is 6. The van der Waals surface area contributed by atoms with Crippen molar-refractivity contribution in [3.63, 3.8) is 0 Å². The second-order valence-corrected chi connectivity index (χ2v) is 7.07. The Kier molecular flexibility index (Phi) is 10.0. The summed E-state index contributed by atoms with van der Waals surface area (Å²) in [6.45, 7) is 4.76. The fraction of sp³-hybridized carbons (Fsp3) is 0.476. The van der Waals surface area contributed by atoms with Crippen LogP contribution in [0.3, 0.4) is 0 Å². The molecule has 1 fully saturated rings. The highest BCUT2D eigenvalue weighted by Gasteiger charge is 2.27. The highest BCUT2D eigenvalue weighted by atomic mass is 127. The normalized spacial score (nSPS) is 14.2. The van der Waals surface area contributed by atoms with Gasteiger partial charge in [0.05, 0.1) is 32.1 Å². The van der Waals surface area contributed by atoms with Gasteiger partial charge in [0.1, 0.15) is 13.2 Å². The van der Waals surface area contributed by atoms with E-state index in [1.54, 1.807) is 22.9 Å². The van der Waals surface area contributed by atoms with Gasteiger partial charge >= 0.3 is 0 Å². The summed E-state index contributed by atoms with van der Waals surface area (Å²) in [6, 6.07) is 5.58.